The van der Waals surface area contributed by atoms with Crippen molar-refractivity contribution in [1.82, 2.24) is 14.9 Å². The second-order valence-electron chi connectivity index (χ2n) is 7.26. The lowest BCUT2D eigenvalue weighted by atomic mass is 10.2. The molecule has 1 aliphatic heterocycles. The molecule has 2 aromatic carbocycles. The summed E-state index contributed by atoms with van der Waals surface area (Å²) in [5, 5.41) is 0. The van der Waals surface area contributed by atoms with E-state index in [-0.39, 0.29) is 0 Å². The first-order chi connectivity index (χ1) is 14.2. The number of hydrogen-bond acceptors (Lipinski definition) is 6. The molecule has 1 aromatic heterocycles. The van der Waals surface area contributed by atoms with E-state index in [1.165, 1.54) is 17.5 Å². The van der Waals surface area contributed by atoms with Crippen LogP contribution in [0.25, 0.3) is 0 Å². The molecule has 1 aliphatic rings. The Balaban J connectivity index is 1.41. The van der Waals surface area contributed by atoms with E-state index in [9.17, 15) is 0 Å². The number of anilines is 2. The first kappa shape index (κ1) is 19.2. The maximum absolute atomic E-state index is 6.37. The van der Waals surface area contributed by atoms with E-state index < -0.39 is 0 Å². The van der Waals surface area contributed by atoms with Crippen LogP contribution >= 0.6 is 0 Å². The maximum Gasteiger partial charge on any atom is 0.248 e. The van der Waals surface area contributed by atoms with Crippen LogP contribution in [0.5, 0.6) is 11.6 Å². The summed E-state index contributed by atoms with van der Waals surface area (Å²) in [6.07, 6.45) is 2.52. The van der Waals surface area contributed by atoms with Gasteiger partial charge in [-0.05, 0) is 29.7 Å². The molecule has 29 heavy (non-hydrogen) atoms. The predicted molar refractivity (Wildman–Crippen MR) is 116 cm³/mol. The van der Waals surface area contributed by atoms with Gasteiger partial charge in [0.1, 0.15) is 17.8 Å². The van der Waals surface area contributed by atoms with Gasteiger partial charge in [0.15, 0.2) is 5.82 Å². The van der Waals surface area contributed by atoms with Crippen LogP contribution in [0.1, 0.15) is 18.1 Å². The number of nitrogens with zero attached hydrogens (tertiary/aromatic N) is 4. The molecule has 150 valence electrons. The molecular weight excluding hydrogens is 362 g/mol. The van der Waals surface area contributed by atoms with Gasteiger partial charge in [-0.3, -0.25) is 4.90 Å². The summed E-state index contributed by atoms with van der Waals surface area (Å²) >= 11 is 0. The third-order valence-electron chi connectivity index (χ3n) is 5.29. The summed E-state index contributed by atoms with van der Waals surface area (Å²) < 4.78 is 5.93. The van der Waals surface area contributed by atoms with Gasteiger partial charge in [-0.25, -0.2) is 4.98 Å². The van der Waals surface area contributed by atoms with Crippen LogP contribution in [-0.2, 0) is 13.0 Å². The molecule has 1 fully saturated rings. The minimum absolute atomic E-state index is 0.408. The highest BCUT2D eigenvalue weighted by Crippen LogP contribution is 2.32. The van der Waals surface area contributed by atoms with Gasteiger partial charge in [0.25, 0.3) is 0 Å². The van der Waals surface area contributed by atoms with Crippen LogP contribution in [0, 0.1) is 0 Å². The Kier molecular flexibility index (Phi) is 5.91. The fourth-order valence-corrected chi connectivity index (χ4v) is 3.57. The van der Waals surface area contributed by atoms with Crippen molar-refractivity contribution in [3.05, 3.63) is 72.1 Å². The summed E-state index contributed by atoms with van der Waals surface area (Å²) in [5.74, 6) is 1.89. The molecule has 0 saturated carbocycles. The SMILES string of the molecule is CCc1ccc(Oc2ncnc(N3CCN(Cc4ccccc4)CC3)c2N)cc1. The summed E-state index contributed by atoms with van der Waals surface area (Å²) in [6, 6.07) is 18.6. The van der Waals surface area contributed by atoms with E-state index in [0.29, 0.717) is 11.6 Å². The molecular formula is C23H27N5O. The Labute approximate surface area is 172 Å². The first-order valence-corrected chi connectivity index (χ1v) is 10.1. The zero-order valence-corrected chi connectivity index (χ0v) is 16.8. The number of aromatic nitrogens is 2. The molecule has 0 spiro atoms. The van der Waals surface area contributed by atoms with Crippen LogP contribution in [0.3, 0.4) is 0 Å². The lowest BCUT2D eigenvalue weighted by Crippen LogP contribution is -2.46. The summed E-state index contributed by atoms with van der Waals surface area (Å²) in [6.45, 7) is 6.78. The second kappa shape index (κ2) is 8.92. The van der Waals surface area contributed by atoms with E-state index in [2.05, 4.69) is 69.2 Å². The number of aryl methyl sites for hydroxylation is 1. The topological polar surface area (TPSA) is 67.5 Å². The first-order valence-electron chi connectivity index (χ1n) is 10.1. The van der Waals surface area contributed by atoms with Crippen LogP contribution in [0.2, 0.25) is 0 Å². The van der Waals surface area contributed by atoms with Gasteiger partial charge in [0.05, 0.1) is 0 Å². The maximum atomic E-state index is 6.37. The molecule has 0 radical (unpaired) electrons. The average molecular weight is 390 g/mol. The quantitative estimate of drug-likeness (QED) is 0.693. The fourth-order valence-electron chi connectivity index (χ4n) is 3.57. The predicted octanol–water partition coefficient (Wildman–Crippen LogP) is 3.74. The minimum atomic E-state index is 0.408. The molecule has 3 aromatic rings. The van der Waals surface area contributed by atoms with Crippen LogP contribution in [0.15, 0.2) is 60.9 Å². The van der Waals surface area contributed by atoms with Gasteiger partial charge < -0.3 is 15.4 Å². The molecule has 0 atom stereocenters. The molecule has 0 bridgehead atoms. The zero-order chi connectivity index (χ0) is 20.1. The molecule has 4 rings (SSSR count). The molecule has 2 heterocycles. The molecule has 2 N–H and O–H groups in total. The molecule has 0 aliphatic carbocycles. The summed E-state index contributed by atoms with van der Waals surface area (Å²) in [4.78, 5) is 13.3. The molecule has 0 amide bonds. The smallest absolute Gasteiger partial charge is 0.248 e. The van der Waals surface area contributed by atoms with Gasteiger partial charge in [-0.2, -0.15) is 4.98 Å². The molecule has 6 nitrogen and oxygen atoms in total. The normalized spacial score (nSPS) is 14.7. The Hall–Kier alpha value is -3.12. The highest BCUT2D eigenvalue weighted by Gasteiger charge is 2.22. The number of benzene rings is 2. The molecule has 6 heteroatoms. The number of piperazine rings is 1. The van der Waals surface area contributed by atoms with E-state index in [1.807, 2.05) is 12.1 Å². The van der Waals surface area contributed by atoms with Gasteiger partial charge >= 0.3 is 0 Å². The van der Waals surface area contributed by atoms with Crippen molar-refractivity contribution in [2.45, 2.75) is 19.9 Å². The summed E-state index contributed by atoms with van der Waals surface area (Å²) in [5.41, 5.74) is 9.47. The minimum Gasteiger partial charge on any atom is -0.437 e. The lowest BCUT2D eigenvalue weighted by molar-refractivity contribution is 0.249. The number of nitrogen functional groups attached to an aromatic ring is 1. The Morgan fingerprint density at radius 2 is 1.62 bits per heavy atom. The van der Waals surface area contributed by atoms with E-state index in [4.69, 9.17) is 10.5 Å². The Morgan fingerprint density at radius 3 is 2.31 bits per heavy atom. The highest BCUT2D eigenvalue weighted by atomic mass is 16.5. The Bertz CT molecular complexity index is 922. The van der Waals surface area contributed by atoms with Crippen molar-refractivity contribution in [2.24, 2.45) is 0 Å². The van der Waals surface area contributed by atoms with Crippen molar-refractivity contribution >= 4 is 11.5 Å². The number of ether oxygens (including phenoxy) is 1. The van der Waals surface area contributed by atoms with Gasteiger partial charge in [0, 0.05) is 32.7 Å². The third kappa shape index (κ3) is 4.66. The molecule has 1 saturated heterocycles. The monoisotopic (exact) mass is 389 g/mol. The van der Waals surface area contributed by atoms with Crippen molar-refractivity contribution in [3.8, 4) is 11.6 Å². The lowest BCUT2D eigenvalue weighted by Gasteiger charge is -2.35. The van der Waals surface area contributed by atoms with Crippen LogP contribution in [0.4, 0.5) is 11.5 Å². The number of hydrogen-bond donors (Lipinski definition) is 1. The van der Waals surface area contributed by atoms with Gasteiger partial charge in [-0.15, -0.1) is 0 Å². The molecule has 0 unspecified atom stereocenters. The largest absolute Gasteiger partial charge is 0.437 e. The van der Waals surface area contributed by atoms with Crippen molar-refractivity contribution in [1.29, 1.82) is 0 Å². The van der Waals surface area contributed by atoms with Crippen molar-refractivity contribution in [3.63, 3.8) is 0 Å². The number of rotatable bonds is 6. The van der Waals surface area contributed by atoms with Gasteiger partial charge in [-0.1, -0.05) is 49.4 Å². The van der Waals surface area contributed by atoms with Crippen LogP contribution < -0.4 is 15.4 Å². The number of nitrogens with two attached hydrogens (primary N) is 1. The van der Waals surface area contributed by atoms with Crippen molar-refractivity contribution < 1.29 is 4.74 Å². The zero-order valence-electron chi connectivity index (χ0n) is 16.8. The van der Waals surface area contributed by atoms with E-state index >= 15 is 0 Å². The standard InChI is InChI=1S/C23H27N5O/c1-2-18-8-10-20(11-9-18)29-23-21(24)22(25-17-26-23)28-14-12-27(13-15-28)16-19-6-4-3-5-7-19/h3-11,17H,2,12-16,24H2,1H3. The Morgan fingerprint density at radius 1 is 0.897 bits per heavy atom. The summed E-state index contributed by atoms with van der Waals surface area (Å²) in [7, 11) is 0. The fraction of sp³-hybridized carbons (Fsp3) is 0.304. The average Bonchev–Trinajstić information content (AvgIpc) is 2.77. The highest BCUT2D eigenvalue weighted by molar-refractivity contribution is 5.68. The van der Waals surface area contributed by atoms with E-state index in [1.54, 1.807) is 0 Å². The second-order valence-corrected chi connectivity index (χ2v) is 7.26. The van der Waals surface area contributed by atoms with E-state index in [0.717, 1.165) is 50.7 Å². The van der Waals surface area contributed by atoms with Crippen LogP contribution in [-0.4, -0.2) is 41.0 Å². The third-order valence-corrected chi connectivity index (χ3v) is 5.29. The van der Waals surface area contributed by atoms with Crippen molar-refractivity contribution in [2.75, 3.05) is 36.8 Å². The van der Waals surface area contributed by atoms with Gasteiger partial charge in [0.2, 0.25) is 5.88 Å².